The summed E-state index contributed by atoms with van der Waals surface area (Å²) >= 11 is 0. The van der Waals surface area contributed by atoms with Crippen molar-refractivity contribution in [3.05, 3.63) is 66.0 Å². The molecule has 1 aromatic heterocycles. The lowest BCUT2D eigenvalue weighted by Gasteiger charge is -2.20. The van der Waals surface area contributed by atoms with Gasteiger partial charge in [-0.25, -0.2) is 18.4 Å². The van der Waals surface area contributed by atoms with Crippen LogP contribution in [0.3, 0.4) is 0 Å². The molecule has 0 aliphatic rings. The molecular formula is C22H24F3N5O2S. The molecule has 0 amide bonds. The van der Waals surface area contributed by atoms with Crippen LogP contribution in [0.4, 0.5) is 36.2 Å². The number of nitrogens with one attached hydrogen (secondary N) is 2. The Kier molecular flexibility index (Phi) is 7.11. The molecule has 11 heteroatoms. The first-order valence-electron chi connectivity index (χ1n) is 10.2. The summed E-state index contributed by atoms with van der Waals surface area (Å²) in [4.78, 5) is 10.4. The minimum atomic E-state index is -4.64. The molecule has 0 spiro atoms. The minimum absolute atomic E-state index is 0.209. The fourth-order valence-corrected chi connectivity index (χ4v) is 4.25. The molecule has 2 N–H and O–H groups in total. The van der Waals surface area contributed by atoms with Gasteiger partial charge in [0.1, 0.15) is 17.5 Å². The molecule has 0 saturated carbocycles. The summed E-state index contributed by atoms with van der Waals surface area (Å²) in [6.07, 6.45) is -4.64. The second kappa shape index (κ2) is 9.65. The third kappa shape index (κ3) is 6.13. The second-order valence-electron chi connectivity index (χ2n) is 7.16. The molecule has 2 aromatic carbocycles. The van der Waals surface area contributed by atoms with Gasteiger partial charge in [-0.1, -0.05) is 6.07 Å². The molecule has 0 atom stereocenters. The zero-order chi connectivity index (χ0) is 24.2. The molecule has 0 aliphatic carbocycles. The lowest BCUT2D eigenvalue weighted by Crippen LogP contribution is -2.23. The monoisotopic (exact) mass is 479 g/mol. The van der Waals surface area contributed by atoms with E-state index < -0.39 is 26.7 Å². The van der Waals surface area contributed by atoms with E-state index in [0.717, 1.165) is 37.1 Å². The fraction of sp³-hybridized carbons (Fsp3) is 0.273. The van der Waals surface area contributed by atoms with E-state index in [0.29, 0.717) is 23.4 Å². The number of anilines is 4. The number of halogens is 3. The van der Waals surface area contributed by atoms with E-state index >= 15 is 0 Å². The van der Waals surface area contributed by atoms with Gasteiger partial charge in [0, 0.05) is 30.5 Å². The Morgan fingerprint density at radius 1 is 0.939 bits per heavy atom. The lowest BCUT2D eigenvalue weighted by molar-refractivity contribution is -0.137. The van der Waals surface area contributed by atoms with Crippen LogP contribution in [0.25, 0.3) is 0 Å². The van der Waals surface area contributed by atoms with Crippen molar-refractivity contribution in [2.45, 2.75) is 31.8 Å². The maximum Gasteiger partial charge on any atom is 0.416 e. The molecule has 0 bridgehead atoms. The Balaban J connectivity index is 1.76. The van der Waals surface area contributed by atoms with Crippen molar-refractivity contribution in [2.75, 3.05) is 28.0 Å². The first-order valence-corrected chi connectivity index (χ1v) is 11.7. The quantitative estimate of drug-likeness (QED) is 0.462. The highest BCUT2D eigenvalue weighted by Crippen LogP contribution is 2.31. The third-order valence-electron chi connectivity index (χ3n) is 4.79. The molecule has 0 saturated heterocycles. The van der Waals surface area contributed by atoms with Crippen LogP contribution in [0, 0.1) is 6.92 Å². The largest absolute Gasteiger partial charge is 0.416 e. The van der Waals surface area contributed by atoms with Crippen molar-refractivity contribution < 1.29 is 21.6 Å². The van der Waals surface area contributed by atoms with Crippen molar-refractivity contribution >= 4 is 33.0 Å². The van der Waals surface area contributed by atoms with Crippen LogP contribution < -0.4 is 14.9 Å². The highest BCUT2D eigenvalue weighted by atomic mass is 32.2. The van der Waals surface area contributed by atoms with Crippen molar-refractivity contribution in [1.82, 2.24) is 9.97 Å². The summed E-state index contributed by atoms with van der Waals surface area (Å²) in [5.74, 6) is 1.98. The van der Waals surface area contributed by atoms with E-state index in [1.807, 2.05) is 19.9 Å². The van der Waals surface area contributed by atoms with Crippen LogP contribution in [0.1, 0.15) is 25.2 Å². The molecule has 0 radical (unpaired) electrons. The Labute approximate surface area is 190 Å². The van der Waals surface area contributed by atoms with Crippen LogP contribution in [-0.2, 0) is 16.2 Å². The number of aromatic nitrogens is 2. The Hall–Kier alpha value is -3.34. The van der Waals surface area contributed by atoms with E-state index in [2.05, 4.69) is 24.9 Å². The number of nitrogens with zero attached hydrogens (tertiary/aromatic N) is 3. The number of rotatable bonds is 8. The Bertz CT molecular complexity index is 1210. The summed E-state index contributed by atoms with van der Waals surface area (Å²) in [5, 5.41) is 3.15. The van der Waals surface area contributed by atoms with Gasteiger partial charge in [0.05, 0.1) is 10.5 Å². The van der Waals surface area contributed by atoms with E-state index in [-0.39, 0.29) is 5.69 Å². The van der Waals surface area contributed by atoms with Crippen LogP contribution >= 0.6 is 0 Å². The molecule has 0 aliphatic heterocycles. The first-order chi connectivity index (χ1) is 15.5. The smallest absolute Gasteiger partial charge is 0.357 e. The van der Waals surface area contributed by atoms with E-state index in [1.165, 1.54) is 12.1 Å². The molecule has 3 aromatic rings. The molecule has 33 heavy (non-hydrogen) atoms. The van der Waals surface area contributed by atoms with Crippen LogP contribution in [0.2, 0.25) is 0 Å². The van der Waals surface area contributed by atoms with Gasteiger partial charge in [0.2, 0.25) is 0 Å². The zero-order valence-electron chi connectivity index (χ0n) is 18.3. The van der Waals surface area contributed by atoms with Crippen LogP contribution in [0.15, 0.2) is 59.5 Å². The minimum Gasteiger partial charge on any atom is -0.357 e. The SMILES string of the molecule is CCN(CC)c1cc(Nc2ccc(NS(=O)(=O)c3cccc(C(F)(F)F)c3)cc2)nc(C)n1. The maximum absolute atomic E-state index is 12.9. The van der Waals surface area contributed by atoms with Gasteiger partial charge >= 0.3 is 6.18 Å². The fourth-order valence-electron chi connectivity index (χ4n) is 3.15. The van der Waals surface area contributed by atoms with Gasteiger partial charge < -0.3 is 10.2 Å². The van der Waals surface area contributed by atoms with E-state index in [9.17, 15) is 21.6 Å². The van der Waals surface area contributed by atoms with Crippen molar-refractivity contribution in [3.63, 3.8) is 0 Å². The van der Waals surface area contributed by atoms with Crippen molar-refractivity contribution in [3.8, 4) is 0 Å². The predicted octanol–water partition coefficient (Wildman–Crippen LogP) is 5.19. The number of benzene rings is 2. The average Bonchev–Trinajstić information content (AvgIpc) is 2.75. The number of aryl methyl sites for hydroxylation is 1. The maximum atomic E-state index is 12.9. The van der Waals surface area contributed by atoms with E-state index in [4.69, 9.17) is 0 Å². The second-order valence-corrected chi connectivity index (χ2v) is 8.85. The molecule has 1 heterocycles. The normalized spacial score (nSPS) is 11.8. The Morgan fingerprint density at radius 2 is 1.58 bits per heavy atom. The molecule has 0 unspecified atom stereocenters. The lowest BCUT2D eigenvalue weighted by atomic mass is 10.2. The first kappa shape index (κ1) is 24.3. The van der Waals surface area contributed by atoms with Gasteiger partial charge in [-0.3, -0.25) is 4.72 Å². The summed E-state index contributed by atoms with van der Waals surface area (Å²) in [5.41, 5.74) is -0.171. The summed E-state index contributed by atoms with van der Waals surface area (Å²) in [6.45, 7) is 7.46. The number of sulfonamides is 1. The van der Waals surface area contributed by atoms with Gasteiger partial charge in [0.25, 0.3) is 10.0 Å². The standard InChI is InChI=1S/C22H24F3N5O2S/c1-4-30(5-2)21-14-20(26-15(3)27-21)28-17-9-11-18(12-10-17)29-33(31,32)19-8-6-7-16(13-19)22(23,24)25/h6-14,29H,4-5H2,1-3H3,(H,26,27,28). The highest BCUT2D eigenvalue weighted by molar-refractivity contribution is 7.92. The number of alkyl halides is 3. The van der Waals surface area contributed by atoms with Crippen molar-refractivity contribution in [2.24, 2.45) is 0 Å². The highest BCUT2D eigenvalue weighted by Gasteiger charge is 2.31. The predicted molar refractivity (Wildman–Crippen MR) is 122 cm³/mol. The summed E-state index contributed by atoms with van der Waals surface area (Å²) < 4.78 is 66.1. The number of hydrogen-bond acceptors (Lipinski definition) is 6. The Morgan fingerprint density at radius 3 is 2.18 bits per heavy atom. The molecular weight excluding hydrogens is 455 g/mol. The van der Waals surface area contributed by atoms with Gasteiger partial charge in [0.15, 0.2) is 0 Å². The number of hydrogen-bond donors (Lipinski definition) is 2. The summed E-state index contributed by atoms with van der Waals surface area (Å²) in [6, 6.07) is 11.7. The third-order valence-corrected chi connectivity index (χ3v) is 6.17. The summed E-state index contributed by atoms with van der Waals surface area (Å²) in [7, 11) is -4.19. The molecule has 3 rings (SSSR count). The molecule has 0 fully saturated rings. The average molecular weight is 480 g/mol. The zero-order valence-corrected chi connectivity index (χ0v) is 19.1. The van der Waals surface area contributed by atoms with Crippen LogP contribution in [-0.4, -0.2) is 31.5 Å². The topological polar surface area (TPSA) is 87.2 Å². The van der Waals surface area contributed by atoms with E-state index in [1.54, 1.807) is 19.1 Å². The van der Waals surface area contributed by atoms with Gasteiger partial charge in [-0.15, -0.1) is 0 Å². The van der Waals surface area contributed by atoms with Crippen LogP contribution in [0.5, 0.6) is 0 Å². The molecule has 176 valence electrons. The van der Waals surface area contributed by atoms with Gasteiger partial charge in [-0.05, 0) is 63.2 Å². The van der Waals surface area contributed by atoms with Gasteiger partial charge in [-0.2, -0.15) is 13.2 Å². The van der Waals surface area contributed by atoms with Crippen molar-refractivity contribution in [1.29, 1.82) is 0 Å². The molecule has 7 nitrogen and oxygen atoms in total.